The number of aryl methyl sites for hydroxylation is 1. The first-order chi connectivity index (χ1) is 10.2. The van der Waals surface area contributed by atoms with Crippen LogP contribution in [-0.4, -0.2) is 25.7 Å². The van der Waals surface area contributed by atoms with E-state index in [-0.39, 0.29) is 5.56 Å². The minimum absolute atomic E-state index is 0.111. The highest BCUT2D eigenvalue weighted by Crippen LogP contribution is 2.21. The van der Waals surface area contributed by atoms with E-state index in [4.69, 9.17) is 5.11 Å². The van der Waals surface area contributed by atoms with Crippen molar-refractivity contribution in [2.75, 3.05) is 0 Å². The van der Waals surface area contributed by atoms with Crippen molar-refractivity contribution in [1.29, 1.82) is 0 Å². The van der Waals surface area contributed by atoms with Crippen molar-refractivity contribution in [1.82, 2.24) is 14.6 Å². The van der Waals surface area contributed by atoms with Gasteiger partial charge in [-0.15, -0.1) is 0 Å². The van der Waals surface area contributed by atoms with E-state index >= 15 is 0 Å². The molecular weight excluding hydrogens is 266 g/mol. The highest BCUT2D eigenvalue weighted by molar-refractivity contribution is 5.94. The number of nitrogens with zero attached hydrogens (tertiary/aromatic N) is 3. The van der Waals surface area contributed by atoms with Crippen molar-refractivity contribution in [2.24, 2.45) is 0 Å². The third kappa shape index (κ3) is 2.38. The van der Waals surface area contributed by atoms with Crippen LogP contribution in [0.15, 0.2) is 42.7 Å². The van der Waals surface area contributed by atoms with Crippen LogP contribution in [-0.2, 0) is 6.42 Å². The lowest BCUT2D eigenvalue weighted by molar-refractivity contribution is 0.0699. The van der Waals surface area contributed by atoms with Gasteiger partial charge in [0.25, 0.3) is 0 Å². The van der Waals surface area contributed by atoms with Crippen LogP contribution >= 0.6 is 0 Å². The van der Waals surface area contributed by atoms with Crippen LogP contribution in [0.25, 0.3) is 16.9 Å². The van der Waals surface area contributed by atoms with E-state index in [1.165, 1.54) is 11.8 Å². The largest absolute Gasteiger partial charge is 0.477 e. The first-order valence-corrected chi connectivity index (χ1v) is 6.86. The number of hydrogen-bond donors (Lipinski definition) is 1. The monoisotopic (exact) mass is 281 g/mol. The van der Waals surface area contributed by atoms with Crippen molar-refractivity contribution < 1.29 is 9.90 Å². The molecule has 0 aliphatic carbocycles. The van der Waals surface area contributed by atoms with E-state index in [2.05, 4.69) is 29.1 Å². The number of aromatic carboxylic acids is 1. The number of benzene rings is 1. The second kappa shape index (κ2) is 5.36. The molecule has 0 saturated carbocycles. The predicted octanol–water partition coefficient (Wildman–Crippen LogP) is 3.05. The van der Waals surface area contributed by atoms with Gasteiger partial charge in [0.1, 0.15) is 5.56 Å². The first-order valence-electron chi connectivity index (χ1n) is 6.86. The van der Waals surface area contributed by atoms with Crippen LogP contribution in [0.1, 0.15) is 29.3 Å². The fourth-order valence-electron chi connectivity index (χ4n) is 2.39. The molecule has 3 rings (SSSR count). The summed E-state index contributed by atoms with van der Waals surface area (Å²) in [6.07, 6.45) is 5.11. The molecule has 2 aromatic heterocycles. The number of rotatable bonds is 4. The molecule has 0 bridgehead atoms. The van der Waals surface area contributed by atoms with Crippen LogP contribution < -0.4 is 0 Å². The average molecular weight is 281 g/mol. The summed E-state index contributed by atoms with van der Waals surface area (Å²) in [7, 11) is 0. The predicted molar refractivity (Wildman–Crippen MR) is 79.4 cm³/mol. The Morgan fingerprint density at radius 2 is 2.00 bits per heavy atom. The van der Waals surface area contributed by atoms with Gasteiger partial charge in [0.2, 0.25) is 0 Å². The molecule has 1 aromatic carbocycles. The standard InChI is InChI=1S/C16H15N3O2/c1-2-3-11-4-6-12(7-5-11)14-8-9-17-15-13(16(20)21)10-18-19(14)15/h4-10H,2-3H2,1H3,(H,20,21). The molecular formula is C16H15N3O2. The molecule has 0 aliphatic rings. The van der Waals surface area contributed by atoms with Gasteiger partial charge >= 0.3 is 5.97 Å². The summed E-state index contributed by atoms with van der Waals surface area (Å²) in [4.78, 5) is 15.3. The number of carbonyl (C=O) groups is 1. The highest BCUT2D eigenvalue weighted by Gasteiger charge is 2.14. The van der Waals surface area contributed by atoms with Crippen molar-refractivity contribution in [2.45, 2.75) is 19.8 Å². The highest BCUT2D eigenvalue weighted by atomic mass is 16.4. The number of carboxylic acid groups (broad SMARTS) is 1. The van der Waals surface area contributed by atoms with E-state index < -0.39 is 5.97 Å². The van der Waals surface area contributed by atoms with E-state index in [0.29, 0.717) is 5.65 Å². The second-order valence-electron chi connectivity index (χ2n) is 4.88. The van der Waals surface area contributed by atoms with Crippen molar-refractivity contribution in [3.05, 3.63) is 53.9 Å². The number of hydrogen-bond acceptors (Lipinski definition) is 3. The lowest BCUT2D eigenvalue weighted by Gasteiger charge is -2.06. The number of fused-ring (bicyclic) bond motifs is 1. The van der Waals surface area contributed by atoms with Crippen LogP contribution in [0, 0.1) is 0 Å². The molecule has 0 unspecified atom stereocenters. The summed E-state index contributed by atoms with van der Waals surface area (Å²) >= 11 is 0. The summed E-state index contributed by atoms with van der Waals surface area (Å²) in [6.45, 7) is 2.15. The maximum Gasteiger partial charge on any atom is 0.341 e. The molecule has 0 aliphatic heterocycles. The molecule has 21 heavy (non-hydrogen) atoms. The molecule has 2 heterocycles. The van der Waals surface area contributed by atoms with Crippen LogP contribution in [0.2, 0.25) is 0 Å². The Bertz CT molecular complexity index is 791. The summed E-state index contributed by atoms with van der Waals surface area (Å²) in [5.41, 5.74) is 3.58. The zero-order chi connectivity index (χ0) is 14.8. The van der Waals surface area contributed by atoms with Crippen LogP contribution in [0.3, 0.4) is 0 Å². The molecule has 5 nitrogen and oxygen atoms in total. The molecule has 0 saturated heterocycles. The quantitative estimate of drug-likeness (QED) is 0.798. The van der Waals surface area contributed by atoms with Crippen LogP contribution in [0.4, 0.5) is 0 Å². The Kier molecular flexibility index (Phi) is 3.39. The second-order valence-corrected chi connectivity index (χ2v) is 4.88. The number of aromatic nitrogens is 3. The smallest absolute Gasteiger partial charge is 0.341 e. The lowest BCUT2D eigenvalue weighted by atomic mass is 10.1. The maximum absolute atomic E-state index is 11.1. The first kappa shape index (κ1) is 13.3. The van der Waals surface area contributed by atoms with Gasteiger partial charge in [0.05, 0.1) is 11.9 Å². The molecule has 0 radical (unpaired) electrons. The Labute approximate surface area is 121 Å². The van der Waals surface area contributed by atoms with Gasteiger partial charge in [-0.2, -0.15) is 5.10 Å². The average Bonchev–Trinajstić information content (AvgIpc) is 2.92. The third-order valence-corrected chi connectivity index (χ3v) is 3.42. The minimum atomic E-state index is -1.02. The maximum atomic E-state index is 11.1. The third-order valence-electron chi connectivity index (χ3n) is 3.42. The molecule has 0 spiro atoms. The van der Waals surface area contributed by atoms with Gasteiger partial charge in [-0.3, -0.25) is 0 Å². The van der Waals surface area contributed by atoms with E-state index in [1.807, 2.05) is 18.2 Å². The van der Waals surface area contributed by atoms with Gasteiger partial charge in [0.15, 0.2) is 5.65 Å². The Morgan fingerprint density at radius 3 is 2.67 bits per heavy atom. The van der Waals surface area contributed by atoms with E-state index in [1.54, 1.807) is 10.7 Å². The van der Waals surface area contributed by atoms with Gasteiger partial charge in [-0.05, 0) is 18.1 Å². The number of carboxylic acids is 1. The molecule has 3 aromatic rings. The molecule has 0 fully saturated rings. The van der Waals surface area contributed by atoms with E-state index in [9.17, 15) is 4.79 Å². The topological polar surface area (TPSA) is 67.5 Å². The summed E-state index contributed by atoms with van der Waals surface area (Å²) < 4.78 is 1.57. The zero-order valence-corrected chi connectivity index (χ0v) is 11.7. The SMILES string of the molecule is CCCc1ccc(-c2ccnc3c(C(=O)O)cnn23)cc1. The minimum Gasteiger partial charge on any atom is -0.477 e. The Hall–Kier alpha value is -2.69. The summed E-state index contributed by atoms with van der Waals surface area (Å²) in [6, 6.07) is 10.1. The van der Waals surface area contributed by atoms with Gasteiger partial charge in [0, 0.05) is 11.8 Å². The van der Waals surface area contributed by atoms with Crippen molar-refractivity contribution >= 4 is 11.6 Å². The van der Waals surface area contributed by atoms with Gasteiger partial charge in [-0.1, -0.05) is 37.6 Å². The fourth-order valence-corrected chi connectivity index (χ4v) is 2.39. The van der Waals surface area contributed by atoms with Crippen LogP contribution in [0.5, 0.6) is 0 Å². The Morgan fingerprint density at radius 1 is 1.24 bits per heavy atom. The Balaban J connectivity index is 2.10. The fraction of sp³-hybridized carbons (Fsp3) is 0.188. The van der Waals surface area contributed by atoms with Gasteiger partial charge in [-0.25, -0.2) is 14.3 Å². The summed E-state index contributed by atoms with van der Waals surface area (Å²) in [5, 5.41) is 13.3. The summed E-state index contributed by atoms with van der Waals surface area (Å²) in [5.74, 6) is -1.02. The molecule has 0 atom stereocenters. The van der Waals surface area contributed by atoms with Crippen molar-refractivity contribution in [3.8, 4) is 11.3 Å². The zero-order valence-electron chi connectivity index (χ0n) is 11.7. The molecule has 1 N–H and O–H groups in total. The molecule has 5 heteroatoms. The normalized spacial score (nSPS) is 10.9. The molecule has 0 amide bonds. The van der Waals surface area contributed by atoms with E-state index in [0.717, 1.165) is 24.1 Å². The van der Waals surface area contributed by atoms with Crippen molar-refractivity contribution in [3.63, 3.8) is 0 Å². The lowest BCUT2D eigenvalue weighted by Crippen LogP contribution is -1.99. The van der Waals surface area contributed by atoms with Gasteiger partial charge < -0.3 is 5.11 Å². The molecule has 106 valence electrons.